The molecule has 0 aliphatic carbocycles. The minimum absolute atomic E-state index is 0.0183. The number of hydrogen-bond donors (Lipinski definition) is 2. The van der Waals surface area contributed by atoms with E-state index in [0.717, 1.165) is 0 Å². The van der Waals surface area contributed by atoms with Gasteiger partial charge >= 0.3 is 0 Å². The van der Waals surface area contributed by atoms with Crippen LogP contribution in [0.25, 0.3) is 0 Å². The molecule has 1 saturated heterocycles. The summed E-state index contributed by atoms with van der Waals surface area (Å²) in [6.45, 7) is 1.19. The Morgan fingerprint density at radius 2 is 1.71 bits per heavy atom. The highest BCUT2D eigenvalue weighted by molar-refractivity contribution is 7.80. The molecule has 1 N–H and O–H groups in total. The summed E-state index contributed by atoms with van der Waals surface area (Å²) in [7, 11) is 3.09. The van der Waals surface area contributed by atoms with Crippen molar-refractivity contribution in [2.45, 2.75) is 23.8 Å². The number of benzene rings is 2. The maximum Gasteiger partial charge on any atom is 0.254 e. The first-order chi connectivity index (χ1) is 13.5. The number of likely N-dealkylation sites (tertiary alicyclic amines) is 1. The molecule has 0 bridgehead atoms. The lowest BCUT2D eigenvalue weighted by atomic mass is 10.0. The highest BCUT2D eigenvalue weighted by Crippen LogP contribution is 2.27. The third-order valence-electron chi connectivity index (χ3n) is 4.90. The molecular formula is C21H24N2O4S. The van der Waals surface area contributed by atoms with E-state index in [1.807, 2.05) is 23.1 Å². The van der Waals surface area contributed by atoms with Gasteiger partial charge in [-0.1, -0.05) is 12.1 Å². The molecule has 6 nitrogen and oxygen atoms in total. The SMILES string of the molecule is COc1ccc(C(=O)NC2CCN(C(=O)c3ccccc3S)CC2)cc1OC. The van der Waals surface area contributed by atoms with Gasteiger partial charge in [0.05, 0.1) is 19.8 Å². The van der Waals surface area contributed by atoms with E-state index in [-0.39, 0.29) is 17.9 Å². The first-order valence-electron chi connectivity index (χ1n) is 9.13. The number of carbonyl (C=O) groups excluding carboxylic acids is 2. The number of rotatable bonds is 5. The van der Waals surface area contributed by atoms with Crippen LogP contribution in [0, 0.1) is 0 Å². The summed E-state index contributed by atoms with van der Waals surface area (Å²) in [5, 5.41) is 3.05. The van der Waals surface area contributed by atoms with Gasteiger partial charge in [0.25, 0.3) is 11.8 Å². The molecular weight excluding hydrogens is 376 g/mol. The summed E-state index contributed by atoms with van der Waals surface area (Å²) in [6.07, 6.45) is 1.42. The number of carbonyl (C=O) groups is 2. The Morgan fingerprint density at radius 1 is 1.04 bits per heavy atom. The monoisotopic (exact) mass is 400 g/mol. The molecule has 148 valence electrons. The molecule has 2 aromatic rings. The second-order valence-electron chi connectivity index (χ2n) is 6.63. The van der Waals surface area contributed by atoms with E-state index >= 15 is 0 Å². The Hall–Kier alpha value is -2.67. The third kappa shape index (κ3) is 4.42. The quantitative estimate of drug-likeness (QED) is 0.757. The lowest BCUT2D eigenvalue weighted by Crippen LogP contribution is -2.46. The van der Waals surface area contributed by atoms with E-state index in [1.165, 1.54) is 7.11 Å². The lowest BCUT2D eigenvalue weighted by Gasteiger charge is -2.32. The van der Waals surface area contributed by atoms with E-state index < -0.39 is 0 Å². The second kappa shape index (κ2) is 9.01. The fraction of sp³-hybridized carbons (Fsp3) is 0.333. The molecule has 7 heteroatoms. The number of piperidine rings is 1. The zero-order valence-electron chi connectivity index (χ0n) is 16.0. The first kappa shape index (κ1) is 20.1. The molecule has 0 atom stereocenters. The third-order valence-corrected chi connectivity index (χ3v) is 5.29. The van der Waals surface area contributed by atoms with Gasteiger partial charge in [0.1, 0.15) is 0 Å². The van der Waals surface area contributed by atoms with E-state index in [9.17, 15) is 9.59 Å². The molecule has 1 fully saturated rings. The van der Waals surface area contributed by atoms with Gasteiger partial charge in [-0.05, 0) is 43.2 Å². The number of nitrogens with zero attached hydrogens (tertiary/aromatic N) is 1. The van der Waals surface area contributed by atoms with Crippen molar-refractivity contribution in [1.29, 1.82) is 0 Å². The van der Waals surface area contributed by atoms with Crippen LogP contribution < -0.4 is 14.8 Å². The Kier molecular flexibility index (Phi) is 6.46. The van der Waals surface area contributed by atoms with Crippen LogP contribution in [0.1, 0.15) is 33.6 Å². The van der Waals surface area contributed by atoms with Gasteiger partial charge in [-0.2, -0.15) is 0 Å². The second-order valence-corrected chi connectivity index (χ2v) is 7.11. The topological polar surface area (TPSA) is 67.9 Å². The molecule has 1 heterocycles. The summed E-state index contributed by atoms with van der Waals surface area (Å²) in [4.78, 5) is 27.7. The normalized spacial score (nSPS) is 14.5. The van der Waals surface area contributed by atoms with E-state index in [2.05, 4.69) is 17.9 Å². The van der Waals surface area contributed by atoms with Gasteiger partial charge in [0.15, 0.2) is 11.5 Å². The highest BCUT2D eigenvalue weighted by atomic mass is 32.1. The van der Waals surface area contributed by atoms with Crippen molar-refractivity contribution in [1.82, 2.24) is 10.2 Å². The van der Waals surface area contributed by atoms with Crippen molar-refractivity contribution in [2.75, 3.05) is 27.3 Å². The van der Waals surface area contributed by atoms with Crippen molar-refractivity contribution in [3.05, 3.63) is 53.6 Å². The number of amides is 2. The fourth-order valence-electron chi connectivity index (χ4n) is 3.30. The Balaban J connectivity index is 1.58. The summed E-state index contributed by atoms with van der Waals surface area (Å²) in [5.41, 5.74) is 1.12. The molecule has 28 heavy (non-hydrogen) atoms. The zero-order valence-corrected chi connectivity index (χ0v) is 16.9. The van der Waals surface area contributed by atoms with Crippen molar-refractivity contribution >= 4 is 24.4 Å². The number of nitrogens with one attached hydrogen (secondary N) is 1. The summed E-state index contributed by atoms with van der Waals surface area (Å²) < 4.78 is 10.5. The fourth-order valence-corrected chi connectivity index (χ4v) is 3.55. The van der Waals surface area contributed by atoms with Gasteiger partial charge in [-0.25, -0.2) is 0 Å². The largest absolute Gasteiger partial charge is 0.493 e. The van der Waals surface area contributed by atoms with Crippen molar-refractivity contribution in [2.24, 2.45) is 0 Å². The molecule has 0 radical (unpaired) electrons. The molecule has 0 aromatic heterocycles. The van der Waals surface area contributed by atoms with Crippen LogP contribution in [0.3, 0.4) is 0 Å². The van der Waals surface area contributed by atoms with Crippen molar-refractivity contribution in [3.8, 4) is 11.5 Å². The smallest absolute Gasteiger partial charge is 0.254 e. The maximum atomic E-state index is 12.7. The van der Waals surface area contributed by atoms with E-state index in [1.54, 1.807) is 31.4 Å². The van der Waals surface area contributed by atoms with Crippen LogP contribution in [0.5, 0.6) is 11.5 Å². The van der Waals surface area contributed by atoms with Crippen LogP contribution in [0.4, 0.5) is 0 Å². The molecule has 3 rings (SSSR count). The minimum Gasteiger partial charge on any atom is -0.493 e. The minimum atomic E-state index is -0.161. The number of hydrogen-bond acceptors (Lipinski definition) is 5. The Labute approximate surface area is 170 Å². The average molecular weight is 401 g/mol. The van der Waals surface area contributed by atoms with Crippen LogP contribution in [0.15, 0.2) is 47.4 Å². The number of thiol groups is 1. The van der Waals surface area contributed by atoms with Gasteiger partial charge in [-0.3, -0.25) is 9.59 Å². The van der Waals surface area contributed by atoms with Crippen LogP contribution in [-0.4, -0.2) is 50.1 Å². The lowest BCUT2D eigenvalue weighted by molar-refractivity contribution is 0.0695. The highest BCUT2D eigenvalue weighted by Gasteiger charge is 2.25. The predicted octanol–water partition coefficient (Wildman–Crippen LogP) is 3.03. The van der Waals surface area contributed by atoms with Crippen LogP contribution in [-0.2, 0) is 0 Å². The van der Waals surface area contributed by atoms with Gasteiger partial charge in [-0.15, -0.1) is 12.6 Å². The zero-order chi connectivity index (χ0) is 20.1. The number of ether oxygens (including phenoxy) is 2. The standard InChI is InChI=1S/C21H24N2O4S/c1-26-17-8-7-14(13-18(17)27-2)20(24)22-15-9-11-23(12-10-15)21(25)16-5-3-4-6-19(16)28/h3-8,13,15,28H,9-12H2,1-2H3,(H,22,24). The summed E-state index contributed by atoms with van der Waals surface area (Å²) in [6, 6.07) is 12.4. The van der Waals surface area contributed by atoms with Crippen molar-refractivity contribution < 1.29 is 19.1 Å². The number of methoxy groups -OCH3 is 2. The average Bonchev–Trinajstić information content (AvgIpc) is 2.73. The Morgan fingerprint density at radius 3 is 2.36 bits per heavy atom. The molecule has 1 aliphatic heterocycles. The predicted molar refractivity (Wildman–Crippen MR) is 110 cm³/mol. The molecule has 2 amide bonds. The Bertz CT molecular complexity index is 863. The van der Waals surface area contributed by atoms with Gasteiger partial charge in [0, 0.05) is 29.6 Å². The van der Waals surface area contributed by atoms with Crippen LogP contribution in [0.2, 0.25) is 0 Å². The maximum absolute atomic E-state index is 12.7. The van der Waals surface area contributed by atoms with Gasteiger partial charge in [0.2, 0.25) is 0 Å². The summed E-state index contributed by atoms with van der Waals surface area (Å²) >= 11 is 4.37. The molecule has 0 saturated carbocycles. The van der Waals surface area contributed by atoms with E-state index in [4.69, 9.17) is 9.47 Å². The molecule has 0 spiro atoms. The molecule has 1 aliphatic rings. The molecule has 2 aromatic carbocycles. The van der Waals surface area contributed by atoms with Gasteiger partial charge < -0.3 is 19.7 Å². The van der Waals surface area contributed by atoms with Crippen LogP contribution >= 0.6 is 12.6 Å². The first-order valence-corrected chi connectivity index (χ1v) is 9.58. The van der Waals surface area contributed by atoms with Crippen molar-refractivity contribution in [3.63, 3.8) is 0 Å². The molecule has 0 unspecified atom stereocenters. The van der Waals surface area contributed by atoms with E-state index in [0.29, 0.717) is 53.5 Å². The summed E-state index contributed by atoms with van der Waals surface area (Å²) in [5.74, 6) is 0.915.